The summed E-state index contributed by atoms with van der Waals surface area (Å²) in [5.74, 6) is -0.209. The zero-order valence-corrected chi connectivity index (χ0v) is 18.5. The van der Waals surface area contributed by atoms with Crippen LogP contribution in [0.5, 0.6) is 0 Å². The Balaban J connectivity index is 1.94. The summed E-state index contributed by atoms with van der Waals surface area (Å²) in [6.07, 6.45) is 0. The molecule has 0 saturated heterocycles. The lowest BCUT2D eigenvalue weighted by Gasteiger charge is -2.22. The second kappa shape index (κ2) is 8.58. The molecular formula is C20H24N4O3S2. The van der Waals surface area contributed by atoms with E-state index in [1.807, 2.05) is 43.3 Å². The van der Waals surface area contributed by atoms with Crippen LogP contribution in [-0.4, -0.2) is 69.8 Å². The fourth-order valence-electron chi connectivity index (χ4n) is 2.70. The smallest absolute Gasteiger partial charge is 0.260 e. The number of fused-ring (bicyclic) bond motifs is 1. The van der Waals surface area contributed by atoms with Crippen molar-refractivity contribution in [1.82, 2.24) is 14.2 Å². The molecule has 2 aromatic carbocycles. The zero-order valence-electron chi connectivity index (χ0n) is 16.9. The van der Waals surface area contributed by atoms with Gasteiger partial charge in [0.1, 0.15) is 0 Å². The van der Waals surface area contributed by atoms with Crippen molar-refractivity contribution in [3.8, 4) is 0 Å². The van der Waals surface area contributed by atoms with E-state index in [4.69, 9.17) is 0 Å². The van der Waals surface area contributed by atoms with Crippen molar-refractivity contribution in [3.05, 3.63) is 54.1 Å². The van der Waals surface area contributed by atoms with Crippen molar-refractivity contribution in [3.63, 3.8) is 0 Å². The third-order valence-corrected chi connectivity index (χ3v) is 7.30. The van der Waals surface area contributed by atoms with Crippen LogP contribution in [0.2, 0.25) is 0 Å². The van der Waals surface area contributed by atoms with Crippen molar-refractivity contribution >= 4 is 42.6 Å². The minimum atomic E-state index is -3.54. The number of sulfonamides is 1. The first kappa shape index (κ1) is 21.4. The van der Waals surface area contributed by atoms with E-state index in [1.165, 1.54) is 37.6 Å². The van der Waals surface area contributed by atoms with Gasteiger partial charge in [-0.3, -0.25) is 9.69 Å². The molecule has 7 nitrogen and oxygen atoms in total. The summed E-state index contributed by atoms with van der Waals surface area (Å²) in [7, 11) is 3.31. The van der Waals surface area contributed by atoms with Gasteiger partial charge in [0.05, 0.1) is 15.1 Å². The standard InChI is InChI=1S/C20H24N4O3S2/c1-22(2)13-14-24(20-21-17-7-5-6-8-18(17)28-20)19(25)15-9-11-16(12-10-15)29(26,27)23(3)4/h5-12H,13-14H2,1-4H3. The topological polar surface area (TPSA) is 73.8 Å². The summed E-state index contributed by atoms with van der Waals surface area (Å²) < 4.78 is 26.7. The van der Waals surface area contributed by atoms with Crippen LogP contribution in [-0.2, 0) is 10.0 Å². The minimum Gasteiger partial charge on any atom is -0.308 e. The number of carbonyl (C=O) groups is 1. The predicted molar refractivity (Wildman–Crippen MR) is 117 cm³/mol. The largest absolute Gasteiger partial charge is 0.308 e. The van der Waals surface area contributed by atoms with Gasteiger partial charge in [-0.25, -0.2) is 17.7 Å². The van der Waals surface area contributed by atoms with Gasteiger partial charge in [-0.2, -0.15) is 0 Å². The Labute approximate surface area is 175 Å². The second-order valence-electron chi connectivity index (χ2n) is 7.04. The average molecular weight is 433 g/mol. The molecule has 0 spiro atoms. The maximum Gasteiger partial charge on any atom is 0.260 e. The van der Waals surface area contributed by atoms with Gasteiger partial charge in [-0.15, -0.1) is 0 Å². The molecule has 29 heavy (non-hydrogen) atoms. The second-order valence-corrected chi connectivity index (χ2v) is 10.2. The fourth-order valence-corrected chi connectivity index (χ4v) is 4.59. The van der Waals surface area contributed by atoms with Gasteiger partial charge in [-0.05, 0) is 50.5 Å². The lowest BCUT2D eigenvalue weighted by Crippen LogP contribution is -2.36. The number of nitrogens with zero attached hydrogens (tertiary/aromatic N) is 4. The van der Waals surface area contributed by atoms with Crippen LogP contribution in [0.25, 0.3) is 10.2 Å². The molecule has 0 N–H and O–H groups in total. The Morgan fingerprint density at radius 3 is 2.21 bits per heavy atom. The molecule has 3 rings (SSSR count). The molecule has 0 aliphatic heterocycles. The Morgan fingerprint density at radius 1 is 0.966 bits per heavy atom. The van der Waals surface area contributed by atoms with E-state index in [9.17, 15) is 13.2 Å². The number of likely N-dealkylation sites (N-methyl/N-ethyl adjacent to an activating group) is 1. The van der Waals surface area contributed by atoms with Crippen LogP contribution in [0, 0.1) is 0 Å². The molecule has 0 atom stereocenters. The van der Waals surface area contributed by atoms with Gasteiger partial charge in [0.2, 0.25) is 10.0 Å². The molecule has 1 heterocycles. The van der Waals surface area contributed by atoms with Crippen LogP contribution in [0.15, 0.2) is 53.4 Å². The quantitative estimate of drug-likeness (QED) is 0.574. The lowest BCUT2D eigenvalue weighted by molar-refractivity contribution is 0.0985. The molecule has 0 radical (unpaired) electrons. The van der Waals surface area contributed by atoms with E-state index in [0.717, 1.165) is 14.5 Å². The van der Waals surface area contributed by atoms with Gasteiger partial charge >= 0.3 is 0 Å². The SMILES string of the molecule is CN(C)CCN(C(=O)c1ccc(S(=O)(=O)N(C)C)cc1)c1nc2ccccc2s1. The van der Waals surface area contributed by atoms with Gasteiger partial charge in [-0.1, -0.05) is 23.5 Å². The minimum absolute atomic E-state index is 0.152. The van der Waals surface area contributed by atoms with Crippen molar-refractivity contribution in [2.75, 3.05) is 46.2 Å². The van der Waals surface area contributed by atoms with Crippen molar-refractivity contribution in [1.29, 1.82) is 0 Å². The molecule has 0 saturated carbocycles. The highest BCUT2D eigenvalue weighted by Gasteiger charge is 2.23. The summed E-state index contributed by atoms with van der Waals surface area (Å²) in [6, 6.07) is 13.8. The number of para-hydroxylation sites is 1. The van der Waals surface area contributed by atoms with E-state index in [0.29, 0.717) is 23.8 Å². The number of hydrogen-bond donors (Lipinski definition) is 0. The summed E-state index contributed by atoms with van der Waals surface area (Å²) in [4.78, 5) is 21.7. The molecule has 3 aromatic rings. The third kappa shape index (κ3) is 4.64. The van der Waals surface area contributed by atoms with Gasteiger partial charge in [0, 0.05) is 32.7 Å². The van der Waals surface area contributed by atoms with E-state index in [-0.39, 0.29) is 10.8 Å². The van der Waals surface area contributed by atoms with Crippen molar-refractivity contribution in [2.24, 2.45) is 0 Å². The number of aromatic nitrogens is 1. The van der Waals surface area contributed by atoms with E-state index in [1.54, 1.807) is 17.0 Å². The molecular weight excluding hydrogens is 408 g/mol. The van der Waals surface area contributed by atoms with Gasteiger partial charge in [0.25, 0.3) is 5.91 Å². The zero-order chi connectivity index (χ0) is 21.2. The van der Waals surface area contributed by atoms with E-state index >= 15 is 0 Å². The molecule has 1 aromatic heterocycles. The molecule has 154 valence electrons. The number of hydrogen-bond acceptors (Lipinski definition) is 6. The maximum atomic E-state index is 13.2. The van der Waals surface area contributed by atoms with Crippen molar-refractivity contribution < 1.29 is 13.2 Å². The van der Waals surface area contributed by atoms with Crippen LogP contribution in [0.1, 0.15) is 10.4 Å². The van der Waals surface area contributed by atoms with Crippen LogP contribution in [0.4, 0.5) is 5.13 Å². The first-order valence-electron chi connectivity index (χ1n) is 9.05. The Morgan fingerprint density at radius 2 is 1.62 bits per heavy atom. The highest BCUT2D eigenvalue weighted by molar-refractivity contribution is 7.89. The molecule has 0 aliphatic carbocycles. The summed E-state index contributed by atoms with van der Waals surface area (Å²) in [5, 5.41) is 0.628. The fraction of sp³-hybridized carbons (Fsp3) is 0.300. The highest BCUT2D eigenvalue weighted by Crippen LogP contribution is 2.29. The van der Waals surface area contributed by atoms with Crippen LogP contribution < -0.4 is 4.90 Å². The summed E-state index contributed by atoms with van der Waals surface area (Å²) in [6.45, 7) is 1.15. The first-order chi connectivity index (χ1) is 13.7. The molecule has 0 fully saturated rings. The molecule has 0 aliphatic rings. The maximum absolute atomic E-state index is 13.2. The van der Waals surface area contributed by atoms with Gasteiger partial charge < -0.3 is 4.90 Å². The molecule has 9 heteroatoms. The summed E-state index contributed by atoms with van der Waals surface area (Å²) in [5.41, 5.74) is 1.27. The number of anilines is 1. The number of rotatable bonds is 7. The average Bonchev–Trinajstić information content (AvgIpc) is 3.11. The van der Waals surface area contributed by atoms with Crippen molar-refractivity contribution in [2.45, 2.75) is 4.90 Å². The molecule has 1 amide bonds. The van der Waals surface area contributed by atoms with Crippen LogP contribution >= 0.6 is 11.3 Å². The Bertz CT molecular complexity index is 1070. The Hall–Kier alpha value is -2.33. The third-order valence-electron chi connectivity index (χ3n) is 4.41. The molecule has 0 bridgehead atoms. The summed E-state index contributed by atoms with van der Waals surface area (Å²) >= 11 is 1.46. The molecule has 0 unspecified atom stereocenters. The number of carbonyl (C=O) groups excluding carboxylic acids is 1. The lowest BCUT2D eigenvalue weighted by atomic mass is 10.2. The predicted octanol–water partition coefficient (Wildman–Crippen LogP) is 2.76. The van der Waals surface area contributed by atoms with E-state index in [2.05, 4.69) is 4.98 Å². The monoisotopic (exact) mass is 432 g/mol. The van der Waals surface area contributed by atoms with Gasteiger partial charge in [0.15, 0.2) is 5.13 Å². The number of thiazole rings is 1. The number of amides is 1. The van der Waals surface area contributed by atoms with Crippen LogP contribution in [0.3, 0.4) is 0 Å². The normalized spacial score (nSPS) is 12.1. The van der Waals surface area contributed by atoms with E-state index < -0.39 is 10.0 Å². The number of benzene rings is 2. The highest BCUT2D eigenvalue weighted by atomic mass is 32.2. The Kier molecular flexibility index (Phi) is 6.33. The first-order valence-corrected chi connectivity index (χ1v) is 11.3.